The summed E-state index contributed by atoms with van der Waals surface area (Å²) in [5, 5.41) is 17.4. The molecule has 4 rings (SSSR count). The molecule has 0 radical (unpaired) electrons. The van der Waals surface area contributed by atoms with Crippen LogP contribution >= 0.6 is 0 Å². The number of aliphatic hydroxyl groups excluding tert-OH is 1. The summed E-state index contributed by atoms with van der Waals surface area (Å²) < 4.78 is 3.50. The van der Waals surface area contributed by atoms with Crippen molar-refractivity contribution >= 4 is 16.9 Å². The Bertz CT molecular complexity index is 962. The zero-order valence-corrected chi connectivity index (χ0v) is 13.3. The van der Waals surface area contributed by atoms with Gasteiger partial charge in [-0.15, -0.1) is 0 Å². The Labute approximate surface area is 143 Å². The summed E-state index contributed by atoms with van der Waals surface area (Å²) in [6, 6.07) is 3.94. The van der Waals surface area contributed by atoms with Crippen molar-refractivity contribution in [1.29, 1.82) is 0 Å². The molecule has 126 valence electrons. The molecule has 0 aliphatic carbocycles. The lowest BCUT2D eigenvalue weighted by atomic mass is 10.2. The summed E-state index contributed by atoms with van der Waals surface area (Å²) in [6.45, 7) is 0.993. The van der Waals surface area contributed by atoms with Crippen LogP contribution in [0.1, 0.15) is 5.56 Å². The van der Waals surface area contributed by atoms with Crippen LogP contribution in [-0.4, -0.2) is 46.0 Å². The Morgan fingerprint density at radius 3 is 2.84 bits per heavy atom. The van der Waals surface area contributed by atoms with E-state index in [-0.39, 0.29) is 6.61 Å². The number of imidazole rings is 1. The predicted octanol–water partition coefficient (Wildman–Crippen LogP) is 1.01. The van der Waals surface area contributed by atoms with Gasteiger partial charge in [0.05, 0.1) is 24.7 Å². The molecular formula is C16H16N8O. The normalized spacial score (nSPS) is 11.1. The van der Waals surface area contributed by atoms with Gasteiger partial charge in [0.1, 0.15) is 24.3 Å². The molecule has 4 heterocycles. The van der Waals surface area contributed by atoms with E-state index >= 15 is 0 Å². The number of fused-ring (bicyclic) bond motifs is 1. The number of nitrogens with one attached hydrogen (secondary N) is 1. The van der Waals surface area contributed by atoms with Gasteiger partial charge in [-0.2, -0.15) is 5.10 Å². The highest BCUT2D eigenvalue weighted by Crippen LogP contribution is 2.19. The van der Waals surface area contributed by atoms with Gasteiger partial charge in [-0.25, -0.2) is 24.6 Å². The molecule has 0 bridgehead atoms. The highest BCUT2D eigenvalue weighted by Gasteiger charge is 2.09. The first-order valence-corrected chi connectivity index (χ1v) is 7.79. The summed E-state index contributed by atoms with van der Waals surface area (Å²) in [5.41, 5.74) is 1.72. The first-order chi connectivity index (χ1) is 12.3. The van der Waals surface area contributed by atoms with Gasteiger partial charge in [0.2, 0.25) is 0 Å². The van der Waals surface area contributed by atoms with E-state index in [1.54, 1.807) is 23.4 Å². The van der Waals surface area contributed by atoms with Crippen LogP contribution in [0.15, 0.2) is 49.6 Å². The van der Waals surface area contributed by atoms with Gasteiger partial charge in [0, 0.05) is 25.1 Å². The van der Waals surface area contributed by atoms with Crippen molar-refractivity contribution in [2.24, 2.45) is 0 Å². The Hall–Kier alpha value is -3.33. The molecule has 0 fully saturated rings. The van der Waals surface area contributed by atoms with Crippen molar-refractivity contribution in [2.45, 2.75) is 13.1 Å². The molecule has 9 nitrogen and oxygen atoms in total. The third-order valence-electron chi connectivity index (χ3n) is 3.78. The first kappa shape index (κ1) is 15.2. The van der Waals surface area contributed by atoms with Gasteiger partial charge in [0.15, 0.2) is 5.65 Å². The molecule has 2 N–H and O–H groups in total. The van der Waals surface area contributed by atoms with Crippen LogP contribution in [0.5, 0.6) is 0 Å². The van der Waals surface area contributed by atoms with Crippen molar-refractivity contribution in [3.05, 3.63) is 55.1 Å². The molecule has 25 heavy (non-hydrogen) atoms. The minimum atomic E-state index is 0.0124. The van der Waals surface area contributed by atoms with Gasteiger partial charge >= 0.3 is 0 Å². The molecule has 4 aromatic heterocycles. The Balaban J connectivity index is 1.50. The number of aromatic nitrogens is 7. The molecule has 0 saturated heterocycles. The fourth-order valence-corrected chi connectivity index (χ4v) is 2.55. The van der Waals surface area contributed by atoms with E-state index in [2.05, 4.69) is 30.4 Å². The van der Waals surface area contributed by atoms with E-state index in [9.17, 15) is 0 Å². The number of aliphatic hydroxyl groups is 1. The minimum Gasteiger partial charge on any atom is -0.394 e. The van der Waals surface area contributed by atoms with Crippen LogP contribution in [0.2, 0.25) is 0 Å². The van der Waals surface area contributed by atoms with Crippen LogP contribution in [0.25, 0.3) is 16.9 Å². The molecule has 0 amide bonds. The quantitative estimate of drug-likeness (QED) is 0.541. The zero-order valence-electron chi connectivity index (χ0n) is 13.3. The average Bonchev–Trinajstić information content (AvgIpc) is 3.31. The van der Waals surface area contributed by atoms with Crippen LogP contribution in [0.4, 0.5) is 5.82 Å². The Morgan fingerprint density at radius 1 is 1.12 bits per heavy atom. The van der Waals surface area contributed by atoms with E-state index in [0.29, 0.717) is 24.6 Å². The van der Waals surface area contributed by atoms with E-state index in [1.165, 1.54) is 6.33 Å². The topological polar surface area (TPSA) is 107 Å². The van der Waals surface area contributed by atoms with Crippen LogP contribution < -0.4 is 5.32 Å². The fraction of sp³-hybridized carbons (Fsp3) is 0.188. The zero-order chi connectivity index (χ0) is 17.1. The molecule has 4 aromatic rings. The standard InChI is InChI=1S/C16H16N8O/c25-6-5-24-16-13(9-22-24)15(20-10-21-16)19-8-12-1-2-14(18-7-12)23-4-3-17-11-23/h1-4,7,9-11,25H,5-6,8H2,(H,19,20,21). The third-order valence-corrected chi connectivity index (χ3v) is 3.78. The van der Waals surface area contributed by atoms with E-state index in [0.717, 1.165) is 16.8 Å². The molecular weight excluding hydrogens is 320 g/mol. The van der Waals surface area contributed by atoms with Gasteiger partial charge in [-0.05, 0) is 11.6 Å². The number of hydrogen-bond donors (Lipinski definition) is 2. The van der Waals surface area contributed by atoms with Gasteiger partial charge in [-0.1, -0.05) is 6.07 Å². The minimum absolute atomic E-state index is 0.0124. The summed E-state index contributed by atoms with van der Waals surface area (Å²) in [7, 11) is 0. The maximum absolute atomic E-state index is 9.08. The Morgan fingerprint density at radius 2 is 2.08 bits per heavy atom. The summed E-state index contributed by atoms with van der Waals surface area (Å²) in [5.74, 6) is 1.52. The summed E-state index contributed by atoms with van der Waals surface area (Å²) in [6.07, 6.45) is 10.3. The number of hydrogen-bond acceptors (Lipinski definition) is 7. The van der Waals surface area contributed by atoms with E-state index < -0.39 is 0 Å². The molecule has 0 unspecified atom stereocenters. The smallest absolute Gasteiger partial charge is 0.163 e. The molecule has 0 aromatic carbocycles. The van der Waals surface area contributed by atoms with Crippen molar-refractivity contribution in [3.8, 4) is 5.82 Å². The molecule has 9 heteroatoms. The summed E-state index contributed by atoms with van der Waals surface area (Å²) >= 11 is 0. The largest absolute Gasteiger partial charge is 0.394 e. The second-order valence-corrected chi connectivity index (χ2v) is 5.40. The molecule has 0 aliphatic heterocycles. The van der Waals surface area contributed by atoms with Crippen LogP contribution in [0, 0.1) is 0 Å². The van der Waals surface area contributed by atoms with Gasteiger partial charge in [-0.3, -0.25) is 4.57 Å². The van der Waals surface area contributed by atoms with E-state index in [4.69, 9.17) is 5.11 Å². The van der Waals surface area contributed by atoms with Crippen molar-refractivity contribution < 1.29 is 5.11 Å². The highest BCUT2D eigenvalue weighted by molar-refractivity contribution is 5.86. The number of rotatable bonds is 6. The number of pyridine rings is 1. The fourth-order valence-electron chi connectivity index (χ4n) is 2.55. The van der Waals surface area contributed by atoms with E-state index in [1.807, 2.05) is 29.1 Å². The molecule has 0 spiro atoms. The SMILES string of the molecule is OCCn1ncc2c(NCc3ccc(-n4ccnc4)nc3)ncnc21. The lowest BCUT2D eigenvalue weighted by molar-refractivity contribution is 0.271. The Kier molecular flexibility index (Phi) is 4.05. The monoisotopic (exact) mass is 336 g/mol. The predicted molar refractivity (Wildman–Crippen MR) is 91.1 cm³/mol. The molecule has 0 aliphatic rings. The number of anilines is 1. The second-order valence-electron chi connectivity index (χ2n) is 5.40. The molecule has 0 atom stereocenters. The highest BCUT2D eigenvalue weighted by atomic mass is 16.3. The van der Waals surface area contributed by atoms with Crippen molar-refractivity contribution in [2.75, 3.05) is 11.9 Å². The lowest BCUT2D eigenvalue weighted by Crippen LogP contribution is -2.06. The maximum atomic E-state index is 9.08. The van der Waals surface area contributed by atoms with Gasteiger partial charge < -0.3 is 10.4 Å². The van der Waals surface area contributed by atoms with Crippen LogP contribution in [0.3, 0.4) is 0 Å². The maximum Gasteiger partial charge on any atom is 0.163 e. The second kappa shape index (κ2) is 6.65. The average molecular weight is 336 g/mol. The van der Waals surface area contributed by atoms with Crippen molar-refractivity contribution in [3.63, 3.8) is 0 Å². The van der Waals surface area contributed by atoms with Gasteiger partial charge in [0.25, 0.3) is 0 Å². The lowest BCUT2D eigenvalue weighted by Gasteiger charge is -2.07. The van der Waals surface area contributed by atoms with Crippen LogP contribution in [-0.2, 0) is 13.1 Å². The number of nitrogens with zero attached hydrogens (tertiary/aromatic N) is 7. The third kappa shape index (κ3) is 3.04. The first-order valence-electron chi connectivity index (χ1n) is 7.79. The summed E-state index contributed by atoms with van der Waals surface area (Å²) in [4.78, 5) is 17.0. The molecule has 0 saturated carbocycles. The van der Waals surface area contributed by atoms with Crippen molar-refractivity contribution in [1.82, 2.24) is 34.3 Å².